The van der Waals surface area contributed by atoms with E-state index in [-0.39, 0.29) is 5.78 Å². The first kappa shape index (κ1) is 18.1. The number of carbonyl (C=O) groups is 2. The molecule has 1 heterocycles. The molecule has 1 aromatic rings. The number of fused-ring (bicyclic) bond motifs is 1. The second kappa shape index (κ2) is 6.91. The predicted octanol–water partition coefficient (Wildman–Crippen LogP) is 4.03. The lowest BCUT2D eigenvalue weighted by atomic mass is 9.84. The number of carboxylic acid groups (broad SMARTS) is 1. The quantitative estimate of drug-likeness (QED) is 0.839. The number of rotatable bonds is 4. The van der Waals surface area contributed by atoms with Crippen molar-refractivity contribution in [3.63, 3.8) is 0 Å². The second-order valence-corrected chi connectivity index (χ2v) is 7.92. The number of carboxylic acids is 1. The molecule has 4 nitrogen and oxygen atoms in total. The fourth-order valence-electron chi connectivity index (χ4n) is 5.22. The number of hydrogen-bond acceptors (Lipinski definition) is 3. The van der Waals surface area contributed by atoms with Gasteiger partial charge in [0.05, 0.1) is 0 Å². The number of ketones is 1. The summed E-state index contributed by atoms with van der Waals surface area (Å²) in [5.41, 5.74) is 5.12. The zero-order chi connectivity index (χ0) is 18.3. The molecule has 0 spiro atoms. The van der Waals surface area contributed by atoms with Crippen molar-refractivity contribution in [2.24, 2.45) is 5.92 Å². The molecule has 3 atom stereocenters. The van der Waals surface area contributed by atoms with E-state index in [1.807, 2.05) is 13.8 Å². The summed E-state index contributed by atoms with van der Waals surface area (Å²) in [5.74, 6) is -0.111. The molecule has 3 rings (SSSR count). The van der Waals surface area contributed by atoms with Crippen molar-refractivity contribution >= 4 is 11.8 Å². The van der Waals surface area contributed by atoms with Gasteiger partial charge in [-0.15, -0.1) is 0 Å². The molecule has 1 saturated carbocycles. The molecule has 0 bridgehead atoms. The standard InChI is InChI=1S/C21H29NO3/c1-12-9-13(2)20(15(4)23)14(3)17(12)11-22-18-8-6-5-7-16(18)10-19(22)21(24)25/h9,16,18-19H,5-8,10-11H2,1-4H3,(H,24,25). The first-order chi connectivity index (χ1) is 11.8. The Labute approximate surface area is 150 Å². The fraction of sp³-hybridized carbons (Fsp3) is 0.619. The van der Waals surface area contributed by atoms with E-state index in [0.717, 1.165) is 47.1 Å². The molecule has 2 aliphatic rings. The Kier molecular flexibility index (Phi) is 5.01. The van der Waals surface area contributed by atoms with Crippen LogP contribution >= 0.6 is 0 Å². The largest absolute Gasteiger partial charge is 0.480 e. The number of hydrogen-bond donors (Lipinski definition) is 1. The SMILES string of the molecule is CC(=O)c1c(C)cc(C)c(CN2C(C(=O)O)CC3CCCCC32)c1C. The molecular formula is C21H29NO3. The third-order valence-corrected chi connectivity index (χ3v) is 6.33. The highest BCUT2D eigenvalue weighted by Gasteiger charge is 2.45. The van der Waals surface area contributed by atoms with Crippen molar-refractivity contribution in [1.29, 1.82) is 0 Å². The summed E-state index contributed by atoms with van der Waals surface area (Å²) < 4.78 is 0. The molecule has 1 aromatic carbocycles. The van der Waals surface area contributed by atoms with Crippen LogP contribution in [0, 0.1) is 26.7 Å². The maximum atomic E-state index is 12.1. The van der Waals surface area contributed by atoms with Crippen LogP contribution in [-0.2, 0) is 11.3 Å². The van der Waals surface area contributed by atoms with Gasteiger partial charge in [0.1, 0.15) is 6.04 Å². The van der Waals surface area contributed by atoms with E-state index in [2.05, 4.69) is 17.9 Å². The number of nitrogens with zero attached hydrogens (tertiary/aromatic N) is 1. The Morgan fingerprint density at radius 3 is 2.48 bits per heavy atom. The van der Waals surface area contributed by atoms with Crippen LogP contribution in [0.25, 0.3) is 0 Å². The molecule has 2 fully saturated rings. The summed E-state index contributed by atoms with van der Waals surface area (Å²) in [6, 6.07) is 2.05. The van der Waals surface area contributed by atoms with Crippen LogP contribution in [0.2, 0.25) is 0 Å². The number of carbonyl (C=O) groups excluding carboxylic acids is 1. The van der Waals surface area contributed by atoms with E-state index in [0.29, 0.717) is 18.5 Å². The Morgan fingerprint density at radius 2 is 1.84 bits per heavy atom. The van der Waals surface area contributed by atoms with E-state index in [4.69, 9.17) is 0 Å². The molecular weight excluding hydrogens is 314 g/mol. The van der Waals surface area contributed by atoms with Gasteiger partial charge in [-0.25, -0.2) is 0 Å². The Morgan fingerprint density at radius 1 is 1.16 bits per heavy atom. The van der Waals surface area contributed by atoms with Crippen LogP contribution in [0.5, 0.6) is 0 Å². The minimum atomic E-state index is -0.705. The van der Waals surface area contributed by atoms with E-state index in [1.165, 1.54) is 12.8 Å². The zero-order valence-electron chi connectivity index (χ0n) is 15.8. The second-order valence-electron chi connectivity index (χ2n) is 7.92. The molecule has 4 heteroatoms. The summed E-state index contributed by atoms with van der Waals surface area (Å²) in [5, 5.41) is 9.74. The predicted molar refractivity (Wildman–Crippen MR) is 98.0 cm³/mol. The molecule has 1 aliphatic carbocycles. The van der Waals surface area contributed by atoms with Gasteiger partial charge in [0.15, 0.2) is 5.78 Å². The van der Waals surface area contributed by atoms with E-state index >= 15 is 0 Å². The summed E-state index contributed by atoms with van der Waals surface area (Å²) in [6.07, 6.45) is 5.42. The monoisotopic (exact) mass is 343 g/mol. The normalized spacial score (nSPS) is 26.5. The topological polar surface area (TPSA) is 57.6 Å². The molecule has 1 saturated heterocycles. The first-order valence-corrected chi connectivity index (χ1v) is 9.40. The Bertz CT molecular complexity index is 710. The van der Waals surface area contributed by atoms with Gasteiger partial charge in [0.2, 0.25) is 0 Å². The van der Waals surface area contributed by atoms with Crippen LogP contribution in [0.15, 0.2) is 6.07 Å². The van der Waals surface area contributed by atoms with Gasteiger partial charge < -0.3 is 5.11 Å². The molecule has 1 aliphatic heterocycles. The highest BCUT2D eigenvalue weighted by Crippen LogP contribution is 2.41. The van der Waals surface area contributed by atoms with Crippen molar-refractivity contribution in [2.45, 2.75) is 78.4 Å². The minimum absolute atomic E-state index is 0.0861. The van der Waals surface area contributed by atoms with Gasteiger partial charge in [-0.2, -0.15) is 0 Å². The smallest absolute Gasteiger partial charge is 0.320 e. The van der Waals surface area contributed by atoms with Crippen LogP contribution in [0.4, 0.5) is 0 Å². The molecule has 1 N–H and O–H groups in total. The lowest BCUT2D eigenvalue weighted by Gasteiger charge is -2.34. The molecule has 0 aromatic heterocycles. The maximum absolute atomic E-state index is 12.1. The lowest BCUT2D eigenvalue weighted by Crippen LogP contribution is -2.42. The molecule has 0 radical (unpaired) electrons. The Balaban J connectivity index is 1.98. The van der Waals surface area contributed by atoms with Gasteiger partial charge in [0.25, 0.3) is 0 Å². The van der Waals surface area contributed by atoms with Crippen molar-refractivity contribution in [3.8, 4) is 0 Å². The summed E-state index contributed by atoms with van der Waals surface area (Å²) in [4.78, 5) is 26.1. The first-order valence-electron chi connectivity index (χ1n) is 9.40. The number of likely N-dealkylation sites (tertiary alicyclic amines) is 1. The molecule has 136 valence electrons. The summed E-state index contributed by atoms with van der Waals surface area (Å²) in [7, 11) is 0. The van der Waals surface area contributed by atoms with E-state index < -0.39 is 12.0 Å². The van der Waals surface area contributed by atoms with E-state index in [1.54, 1.807) is 6.92 Å². The molecule has 0 amide bonds. The van der Waals surface area contributed by atoms with Crippen molar-refractivity contribution in [2.75, 3.05) is 0 Å². The number of aliphatic carboxylic acids is 1. The van der Waals surface area contributed by atoms with Crippen LogP contribution in [0.1, 0.15) is 71.6 Å². The van der Waals surface area contributed by atoms with E-state index in [9.17, 15) is 14.7 Å². The third-order valence-electron chi connectivity index (χ3n) is 6.33. The van der Waals surface area contributed by atoms with Gasteiger partial charge in [-0.1, -0.05) is 18.9 Å². The van der Waals surface area contributed by atoms with Crippen molar-refractivity contribution in [1.82, 2.24) is 4.90 Å². The average molecular weight is 343 g/mol. The average Bonchev–Trinajstić information content (AvgIpc) is 2.89. The highest BCUT2D eigenvalue weighted by molar-refractivity contribution is 5.97. The molecule has 3 unspecified atom stereocenters. The number of aryl methyl sites for hydroxylation is 2. The summed E-state index contributed by atoms with van der Waals surface area (Å²) in [6.45, 7) is 8.31. The third kappa shape index (κ3) is 3.24. The Hall–Kier alpha value is -1.68. The number of Topliss-reactive ketones (excluding diaryl/α,β-unsaturated/α-hetero) is 1. The van der Waals surface area contributed by atoms with Gasteiger partial charge in [0, 0.05) is 18.2 Å². The highest BCUT2D eigenvalue weighted by atomic mass is 16.4. The fourth-order valence-corrected chi connectivity index (χ4v) is 5.22. The zero-order valence-corrected chi connectivity index (χ0v) is 15.8. The van der Waals surface area contributed by atoms with Crippen LogP contribution in [-0.4, -0.2) is 33.8 Å². The number of benzene rings is 1. The maximum Gasteiger partial charge on any atom is 0.320 e. The van der Waals surface area contributed by atoms with Gasteiger partial charge >= 0.3 is 5.97 Å². The summed E-state index contributed by atoms with van der Waals surface area (Å²) >= 11 is 0. The van der Waals surface area contributed by atoms with Gasteiger partial charge in [-0.3, -0.25) is 14.5 Å². The van der Waals surface area contributed by atoms with Gasteiger partial charge in [-0.05, 0) is 75.1 Å². The molecule has 25 heavy (non-hydrogen) atoms. The van der Waals surface area contributed by atoms with Crippen molar-refractivity contribution in [3.05, 3.63) is 33.9 Å². The minimum Gasteiger partial charge on any atom is -0.480 e. The van der Waals surface area contributed by atoms with Crippen molar-refractivity contribution < 1.29 is 14.7 Å². The van der Waals surface area contributed by atoms with Crippen LogP contribution < -0.4 is 0 Å². The van der Waals surface area contributed by atoms with Crippen LogP contribution in [0.3, 0.4) is 0 Å². The lowest BCUT2D eigenvalue weighted by molar-refractivity contribution is -0.142.